The Kier molecular flexibility index (Phi) is 4.96. The summed E-state index contributed by atoms with van der Waals surface area (Å²) < 4.78 is 29.5. The highest BCUT2D eigenvalue weighted by Crippen LogP contribution is 2.31. The largest absolute Gasteiger partial charge is 0.391 e. The summed E-state index contributed by atoms with van der Waals surface area (Å²) >= 11 is 0. The zero-order valence-electron chi connectivity index (χ0n) is 13.1. The second kappa shape index (κ2) is 6.73. The number of aryl methyl sites for hydroxylation is 1. The molecule has 1 aromatic carbocycles. The van der Waals surface area contributed by atoms with Gasteiger partial charge in [-0.2, -0.15) is 0 Å². The molecule has 1 heterocycles. The first-order valence-corrected chi connectivity index (χ1v) is 7.18. The third-order valence-electron chi connectivity index (χ3n) is 3.92. The Morgan fingerprint density at radius 1 is 1.36 bits per heavy atom. The average molecular weight is 305 g/mol. The highest BCUT2D eigenvalue weighted by molar-refractivity contribution is 5.69. The fourth-order valence-corrected chi connectivity index (χ4v) is 2.54. The molecule has 0 aliphatic heterocycles. The maximum absolute atomic E-state index is 15.0. The van der Waals surface area contributed by atoms with Gasteiger partial charge in [0.25, 0.3) is 0 Å². The van der Waals surface area contributed by atoms with E-state index in [1.165, 1.54) is 23.3 Å². The summed E-state index contributed by atoms with van der Waals surface area (Å²) in [5.74, 6) is -2.14. The Labute approximate surface area is 129 Å². The van der Waals surface area contributed by atoms with Gasteiger partial charge in [0.2, 0.25) is 5.79 Å². The van der Waals surface area contributed by atoms with Gasteiger partial charge in [-0.1, -0.05) is 24.3 Å². The van der Waals surface area contributed by atoms with Crippen molar-refractivity contribution in [2.75, 3.05) is 13.7 Å². The lowest BCUT2D eigenvalue weighted by molar-refractivity contribution is 0.0360. The van der Waals surface area contributed by atoms with Crippen molar-refractivity contribution in [2.45, 2.75) is 26.1 Å². The Hall–Kier alpha value is -2.17. The van der Waals surface area contributed by atoms with Crippen LogP contribution in [-0.2, 0) is 5.79 Å². The van der Waals surface area contributed by atoms with Gasteiger partial charge in [-0.05, 0) is 30.5 Å². The summed E-state index contributed by atoms with van der Waals surface area (Å²) in [4.78, 5) is 3.81. The van der Waals surface area contributed by atoms with Crippen LogP contribution in [0, 0.1) is 6.92 Å². The van der Waals surface area contributed by atoms with Gasteiger partial charge in [-0.3, -0.25) is 0 Å². The van der Waals surface area contributed by atoms with Gasteiger partial charge in [0.05, 0.1) is 6.33 Å². The van der Waals surface area contributed by atoms with Crippen LogP contribution in [0.5, 0.6) is 0 Å². The number of alkyl halides is 2. The Morgan fingerprint density at radius 3 is 2.64 bits per heavy atom. The first-order valence-electron chi connectivity index (χ1n) is 7.18. The number of rotatable bonds is 6. The molecular formula is C17H21F2N3. The van der Waals surface area contributed by atoms with E-state index in [1.807, 2.05) is 38.1 Å². The first-order chi connectivity index (χ1) is 10.5. The van der Waals surface area contributed by atoms with Gasteiger partial charge in [0.15, 0.2) is 0 Å². The summed E-state index contributed by atoms with van der Waals surface area (Å²) in [6.45, 7) is 2.80. The van der Waals surface area contributed by atoms with Crippen molar-refractivity contribution in [3.8, 4) is 0 Å². The maximum Gasteiger partial charge on any atom is 0.221 e. The highest BCUT2D eigenvalue weighted by atomic mass is 19.2. The number of halogens is 2. The second-order valence-electron chi connectivity index (χ2n) is 5.37. The summed E-state index contributed by atoms with van der Waals surface area (Å²) in [5, 5.41) is 3.02. The molecule has 1 unspecified atom stereocenters. The zero-order chi connectivity index (χ0) is 16.2. The Morgan fingerprint density at radius 2 is 2.09 bits per heavy atom. The van der Waals surface area contributed by atoms with E-state index >= 15 is 0 Å². The van der Waals surface area contributed by atoms with Crippen LogP contribution in [-0.4, -0.2) is 23.3 Å². The smallest absolute Gasteiger partial charge is 0.221 e. The number of imidazole rings is 1. The maximum atomic E-state index is 15.0. The minimum absolute atomic E-state index is 0.0868. The molecule has 0 aliphatic rings. The molecule has 0 radical (unpaired) electrons. The second-order valence-corrected chi connectivity index (χ2v) is 5.37. The molecule has 22 heavy (non-hydrogen) atoms. The van der Waals surface area contributed by atoms with E-state index in [9.17, 15) is 8.78 Å². The first kappa shape index (κ1) is 16.2. The molecule has 0 amide bonds. The number of benzene rings is 1. The zero-order valence-corrected chi connectivity index (χ0v) is 13.1. The average Bonchev–Trinajstić information content (AvgIpc) is 3.07. The van der Waals surface area contributed by atoms with Crippen LogP contribution in [0.25, 0.3) is 5.57 Å². The van der Waals surface area contributed by atoms with E-state index in [4.69, 9.17) is 0 Å². The standard InChI is InChI=1S/C17H21F2N3/c1-13-6-4-5-7-15(13)14(2)16(20-3)10-17(19,11-18)22-9-8-21-12-22/h4-9,12,20H,10-11H2,1-3H3/b16-14-. The highest BCUT2D eigenvalue weighted by Gasteiger charge is 2.33. The monoisotopic (exact) mass is 305 g/mol. The topological polar surface area (TPSA) is 29.9 Å². The minimum Gasteiger partial charge on any atom is -0.391 e. The quantitative estimate of drug-likeness (QED) is 0.879. The van der Waals surface area contributed by atoms with Crippen LogP contribution in [0.1, 0.15) is 24.5 Å². The number of allylic oxidation sites excluding steroid dienone is 2. The minimum atomic E-state index is -2.14. The molecular weight excluding hydrogens is 284 g/mol. The number of hydrogen-bond acceptors (Lipinski definition) is 2. The summed E-state index contributed by atoms with van der Waals surface area (Å²) in [6, 6.07) is 7.87. The van der Waals surface area contributed by atoms with Crippen molar-refractivity contribution < 1.29 is 8.78 Å². The van der Waals surface area contributed by atoms with E-state index in [-0.39, 0.29) is 6.42 Å². The fourth-order valence-electron chi connectivity index (χ4n) is 2.54. The van der Waals surface area contributed by atoms with Crippen LogP contribution in [0.2, 0.25) is 0 Å². The van der Waals surface area contributed by atoms with Gasteiger partial charge in [-0.15, -0.1) is 0 Å². The molecule has 0 saturated heterocycles. The predicted molar refractivity (Wildman–Crippen MR) is 84.7 cm³/mol. The molecule has 1 aromatic heterocycles. The lowest BCUT2D eigenvalue weighted by atomic mass is 9.97. The van der Waals surface area contributed by atoms with Crippen molar-refractivity contribution in [3.05, 3.63) is 59.8 Å². The van der Waals surface area contributed by atoms with Crippen LogP contribution in [0.3, 0.4) is 0 Å². The number of nitrogens with one attached hydrogen (secondary N) is 1. The van der Waals surface area contributed by atoms with Crippen molar-refractivity contribution in [2.24, 2.45) is 0 Å². The van der Waals surface area contributed by atoms with Crippen LogP contribution >= 0.6 is 0 Å². The van der Waals surface area contributed by atoms with Crippen molar-refractivity contribution in [3.63, 3.8) is 0 Å². The van der Waals surface area contributed by atoms with Gasteiger partial charge < -0.3 is 9.88 Å². The number of aromatic nitrogens is 2. The lowest BCUT2D eigenvalue weighted by Crippen LogP contribution is -2.32. The van der Waals surface area contributed by atoms with E-state index in [0.717, 1.165) is 16.7 Å². The van der Waals surface area contributed by atoms with E-state index in [0.29, 0.717) is 5.70 Å². The predicted octanol–water partition coefficient (Wildman–Crippen LogP) is 3.82. The summed E-state index contributed by atoms with van der Waals surface area (Å²) in [5.41, 5.74) is 3.71. The Balaban J connectivity index is 2.39. The molecule has 0 aliphatic carbocycles. The van der Waals surface area contributed by atoms with Gasteiger partial charge in [0, 0.05) is 31.6 Å². The Bertz CT molecular complexity index is 650. The molecule has 1 atom stereocenters. The van der Waals surface area contributed by atoms with Gasteiger partial charge in [0.1, 0.15) is 6.67 Å². The van der Waals surface area contributed by atoms with E-state index < -0.39 is 12.5 Å². The van der Waals surface area contributed by atoms with Crippen LogP contribution in [0.15, 0.2) is 48.7 Å². The van der Waals surface area contributed by atoms with Crippen molar-refractivity contribution in [1.29, 1.82) is 0 Å². The SMILES string of the molecule is CN/C(CC(F)(CF)n1ccnc1)=C(/C)c1ccccc1C. The summed E-state index contributed by atoms with van der Waals surface area (Å²) in [7, 11) is 1.73. The van der Waals surface area contributed by atoms with Crippen LogP contribution in [0.4, 0.5) is 8.78 Å². The molecule has 2 aromatic rings. The third kappa shape index (κ3) is 3.18. The van der Waals surface area contributed by atoms with E-state index in [1.54, 1.807) is 7.05 Å². The molecule has 0 fully saturated rings. The molecule has 2 rings (SSSR count). The van der Waals surface area contributed by atoms with Gasteiger partial charge >= 0.3 is 0 Å². The summed E-state index contributed by atoms with van der Waals surface area (Å²) in [6.07, 6.45) is 4.10. The number of nitrogens with zero attached hydrogens (tertiary/aromatic N) is 2. The molecule has 118 valence electrons. The van der Waals surface area contributed by atoms with Crippen molar-refractivity contribution in [1.82, 2.24) is 14.9 Å². The molecule has 3 nitrogen and oxygen atoms in total. The molecule has 0 spiro atoms. The van der Waals surface area contributed by atoms with E-state index in [2.05, 4.69) is 10.3 Å². The third-order valence-corrected chi connectivity index (χ3v) is 3.92. The molecule has 0 saturated carbocycles. The normalized spacial score (nSPS) is 15.1. The van der Waals surface area contributed by atoms with Gasteiger partial charge in [-0.25, -0.2) is 13.8 Å². The van der Waals surface area contributed by atoms with Crippen molar-refractivity contribution >= 4 is 5.57 Å². The molecule has 0 bridgehead atoms. The molecule has 5 heteroatoms. The van der Waals surface area contributed by atoms with Crippen LogP contribution < -0.4 is 5.32 Å². The fraction of sp³-hybridized carbons (Fsp3) is 0.353. The molecule has 1 N–H and O–H groups in total. The number of hydrogen-bond donors (Lipinski definition) is 1. The lowest BCUT2D eigenvalue weighted by Gasteiger charge is -2.26.